The third-order valence-corrected chi connectivity index (χ3v) is 3.07. The zero-order chi connectivity index (χ0) is 13.9. The van der Waals surface area contributed by atoms with Gasteiger partial charge in [-0.05, 0) is 25.7 Å². The van der Waals surface area contributed by atoms with Gasteiger partial charge in [0.1, 0.15) is 0 Å². The number of methoxy groups -OCH3 is 1. The van der Waals surface area contributed by atoms with E-state index in [0.717, 1.165) is 51.3 Å². The molecule has 0 bridgehead atoms. The molecule has 1 unspecified atom stereocenters. The second-order valence-electron chi connectivity index (χ2n) is 4.55. The molecule has 1 rings (SSSR count). The maximum Gasteiger partial charge on any atom is 0.305 e. The number of nitrogens with zero attached hydrogens (tertiary/aromatic N) is 1. The fraction of sp³-hybridized carbons (Fsp3) is 0.846. The Morgan fingerprint density at radius 1 is 1.42 bits per heavy atom. The average Bonchev–Trinajstić information content (AvgIpc) is 2.94. The van der Waals surface area contributed by atoms with Crippen LogP contribution in [0.15, 0.2) is 4.99 Å². The van der Waals surface area contributed by atoms with E-state index in [2.05, 4.69) is 20.4 Å². The molecule has 1 fully saturated rings. The highest BCUT2D eigenvalue weighted by Crippen LogP contribution is 2.10. The summed E-state index contributed by atoms with van der Waals surface area (Å²) in [6.45, 7) is 2.45. The van der Waals surface area contributed by atoms with Crippen LogP contribution in [-0.2, 0) is 14.3 Å². The largest absolute Gasteiger partial charge is 0.469 e. The first-order valence-electron chi connectivity index (χ1n) is 6.89. The van der Waals surface area contributed by atoms with Crippen LogP contribution >= 0.6 is 0 Å². The molecule has 0 saturated carbocycles. The highest BCUT2D eigenvalue weighted by molar-refractivity contribution is 5.79. The van der Waals surface area contributed by atoms with Crippen LogP contribution in [0.5, 0.6) is 0 Å². The van der Waals surface area contributed by atoms with Crippen molar-refractivity contribution in [3.8, 4) is 0 Å². The molecule has 0 aromatic rings. The maximum atomic E-state index is 10.9. The first-order chi connectivity index (χ1) is 9.26. The van der Waals surface area contributed by atoms with Crippen molar-refractivity contribution in [1.82, 2.24) is 10.6 Å². The van der Waals surface area contributed by atoms with E-state index in [0.29, 0.717) is 12.5 Å². The fourth-order valence-corrected chi connectivity index (χ4v) is 1.94. The summed E-state index contributed by atoms with van der Waals surface area (Å²) >= 11 is 0. The van der Waals surface area contributed by atoms with Crippen molar-refractivity contribution in [2.45, 2.75) is 38.2 Å². The molecular formula is C13H25N3O3. The van der Waals surface area contributed by atoms with E-state index >= 15 is 0 Å². The van der Waals surface area contributed by atoms with Crippen LogP contribution in [0.3, 0.4) is 0 Å². The lowest BCUT2D eigenvalue weighted by Crippen LogP contribution is -2.41. The van der Waals surface area contributed by atoms with Crippen LogP contribution in [0.1, 0.15) is 32.1 Å². The molecule has 1 aliphatic rings. The number of hydrogen-bond acceptors (Lipinski definition) is 4. The second-order valence-corrected chi connectivity index (χ2v) is 4.55. The van der Waals surface area contributed by atoms with Gasteiger partial charge in [0.15, 0.2) is 5.96 Å². The van der Waals surface area contributed by atoms with Crippen LogP contribution in [0, 0.1) is 0 Å². The summed E-state index contributed by atoms with van der Waals surface area (Å²) in [5.41, 5.74) is 0. The maximum absolute atomic E-state index is 10.9. The lowest BCUT2D eigenvalue weighted by molar-refractivity contribution is -0.140. The van der Waals surface area contributed by atoms with Crippen molar-refractivity contribution in [3.63, 3.8) is 0 Å². The van der Waals surface area contributed by atoms with Crippen molar-refractivity contribution in [2.75, 3.05) is 33.9 Å². The number of guanidine groups is 1. The van der Waals surface area contributed by atoms with E-state index in [1.807, 2.05) is 0 Å². The molecule has 0 aliphatic carbocycles. The summed E-state index contributed by atoms with van der Waals surface area (Å²) in [5.74, 6) is 0.634. The van der Waals surface area contributed by atoms with Gasteiger partial charge >= 0.3 is 5.97 Å². The van der Waals surface area contributed by atoms with E-state index in [1.165, 1.54) is 7.11 Å². The molecule has 6 nitrogen and oxygen atoms in total. The van der Waals surface area contributed by atoms with Crippen molar-refractivity contribution in [1.29, 1.82) is 0 Å². The van der Waals surface area contributed by atoms with Crippen molar-refractivity contribution >= 4 is 11.9 Å². The highest BCUT2D eigenvalue weighted by Gasteiger charge is 2.15. The van der Waals surface area contributed by atoms with Gasteiger partial charge in [-0.2, -0.15) is 0 Å². The van der Waals surface area contributed by atoms with Crippen molar-refractivity contribution in [2.24, 2.45) is 4.99 Å². The topological polar surface area (TPSA) is 72.0 Å². The lowest BCUT2D eigenvalue weighted by Gasteiger charge is -2.14. The van der Waals surface area contributed by atoms with Gasteiger partial charge in [-0.25, -0.2) is 0 Å². The SMILES string of the molecule is CN=C(NCCCCC(=O)OC)NCC1CCCO1. The molecule has 1 aliphatic heterocycles. The first kappa shape index (κ1) is 15.8. The predicted octanol–water partition coefficient (Wildman–Crippen LogP) is 0.674. The third kappa shape index (κ3) is 7.00. The van der Waals surface area contributed by atoms with Gasteiger partial charge in [-0.1, -0.05) is 0 Å². The number of rotatable bonds is 7. The summed E-state index contributed by atoms with van der Waals surface area (Å²) < 4.78 is 10.1. The Kier molecular flexibility index (Phi) is 7.97. The Balaban J connectivity index is 2.03. The highest BCUT2D eigenvalue weighted by atomic mass is 16.5. The monoisotopic (exact) mass is 271 g/mol. The van der Waals surface area contributed by atoms with E-state index < -0.39 is 0 Å². The summed E-state index contributed by atoms with van der Waals surface area (Å²) in [5, 5.41) is 6.46. The Labute approximate surface area is 114 Å². The molecule has 110 valence electrons. The standard InChI is InChI=1S/C13H25N3O3/c1-14-13(16-10-11-6-5-9-19-11)15-8-4-3-7-12(17)18-2/h11H,3-10H2,1-2H3,(H2,14,15,16). The number of nitrogens with one attached hydrogen (secondary N) is 2. The molecule has 0 spiro atoms. The van der Waals surface area contributed by atoms with Crippen LogP contribution in [0.25, 0.3) is 0 Å². The minimum absolute atomic E-state index is 0.152. The quantitative estimate of drug-likeness (QED) is 0.308. The minimum Gasteiger partial charge on any atom is -0.469 e. The molecule has 2 N–H and O–H groups in total. The Morgan fingerprint density at radius 2 is 2.26 bits per heavy atom. The molecule has 6 heteroatoms. The first-order valence-corrected chi connectivity index (χ1v) is 6.89. The van der Waals surface area contributed by atoms with Gasteiger partial charge in [-0.15, -0.1) is 0 Å². The molecule has 1 atom stereocenters. The molecule has 0 aromatic heterocycles. The van der Waals surface area contributed by atoms with E-state index in [1.54, 1.807) is 7.05 Å². The number of aliphatic imine (C=N–C) groups is 1. The van der Waals surface area contributed by atoms with Gasteiger partial charge in [-0.3, -0.25) is 9.79 Å². The van der Waals surface area contributed by atoms with Gasteiger partial charge in [0.25, 0.3) is 0 Å². The van der Waals surface area contributed by atoms with Crippen LogP contribution in [0.2, 0.25) is 0 Å². The number of hydrogen-bond donors (Lipinski definition) is 2. The number of ether oxygens (including phenoxy) is 2. The third-order valence-electron chi connectivity index (χ3n) is 3.07. The summed E-state index contributed by atoms with van der Waals surface area (Å²) in [6, 6.07) is 0. The molecule has 19 heavy (non-hydrogen) atoms. The summed E-state index contributed by atoms with van der Waals surface area (Å²) in [6.07, 6.45) is 4.77. The van der Waals surface area contributed by atoms with Gasteiger partial charge < -0.3 is 20.1 Å². The zero-order valence-electron chi connectivity index (χ0n) is 11.9. The van der Waals surface area contributed by atoms with Crippen molar-refractivity contribution in [3.05, 3.63) is 0 Å². The molecular weight excluding hydrogens is 246 g/mol. The number of carbonyl (C=O) groups excluding carboxylic acids is 1. The molecule has 1 heterocycles. The summed E-state index contributed by atoms with van der Waals surface area (Å²) in [4.78, 5) is 15.1. The number of carbonyl (C=O) groups is 1. The smallest absolute Gasteiger partial charge is 0.305 e. The molecule has 1 saturated heterocycles. The van der Waals surface area contributed by atoms with Crippen molar-refractivity contribution < 1.29 is 14.3 Å². The second kappa shape index (κ2) is 9.61. The fourth-order valence-electron chi connectivity index (χ4n) is 1.94. The van der Waals surface area contributed by atoms with Gasteiger partial charge in [0.2, 0.25) is 0 Å². The van der Waals surface area contributed by atoms with Crippen LogP contribution in [-0.4, -0.2) is 51.9 Å². The Bertz CT molecular complexity index is 289. The normalized spacial score (nSPS) is 19.3. The van der Waals surface area contributed by atoms with E-state index in [-0.39, 0.29) is 5.97 Å². The number of unbranched alkanes of at least 4 members (excludes halogenated alkanes) is 1. The van der Waals surface area contributed by atoms with Crippen LogP contribution in [0.4, 0.5) is 0 Å². The molecule has 0 radical (unpaired) electrons. The summed E-state index contributed by atoms with van der Waals surface area (Å²) in [7, 11) is 3.16. The Hall–Kier alpha value is -1.30. The molecule has 0 amide bonds. The zero-order valence-corrected chi connectivity index (χ0v) is 11.9. The van der Waals surface area contributed by atoms with Gasteiger partial charge in [0.05, 0.1) is 13.2 Å². The van der Waals surface area contributed by atoms with E-state index in [4.69, 9.17) is 4.74 Å². The van der Waals surface area contributed by atoms with Crippen LogP contribution < -0.4 is 10.6 Å². The van der Waals surface area contributed by atoms with Gasteiger partial charge in [0, 0.05) is 33.2 Å². The lowest BCUT2D eigenvalue weighted by atomic mass is 10.2. The average molecular weight is 271 g/mol. The minimum atomic E-state index is -0.152. The predicted molar refractivity (Wildman–Crippen MR) is 74.2 cm³/mol. The van der Waals surface area contributed by atoms with E-state index in [9.17, 15) is 4.79 Å². The molecule has 0 aromatic carbocycles. The Morgan fingerprint density at radius 3 is 2.89 bits per heavy atom. The number of esters is 1.